The molecule has 6 heteroatoms. The van der Waals surface area contributed by atoms with Crippen LogP contribution in [-0.2, 0) is 0 Å². The van der Waals surface area contributed by atoms with E-state index >= 15 is 0 Å². The summed E-state index contributed by atoms with van der Waals surface area (Å²) in [6.07, 6.45) is 2.98. The van der Waals surface area contributed by atoms with Gasteiger partial charge in [0.2, 0.25) is 5.95 Å². The predicted octanol–water partition coefficient (Wildman–Crippen LogP) is 4.10. The maximum absolute atomic E-state index is 12.4. The van der Waals surface area contributed by atoms with Gasteiger partial charge < -0.3 is 15.4 Å². The van der Waals surface area contributed by atoms with E-state index in [0.717, 1.165) is 22.5 Å². The van der Waals surface area contributed by atoms with Crippen LogP contribution in [0.25, 0.3) is 0 Å². The zero-order valence-corrected chi connectivity index (χ0v) is 14.9. The molecule has 26 heavy (non-hydrogen) atoms. The summed E-state index contributed by atoms with van der Waals surface area (Å²) >= 11 is 0. The molecule has 1 heterocycles. The topological polar surface area (TPSA) is 76.1 Å². The van der Waals surface area contributed by atoms with E-state index in [2.05, 4.69) is 20.6 Å². The number of hydrogen-bond donors (Lipinski definition) is 2. The van der Waals surface area contributed by atoms with Crippen molar-refractivity contribution in [2.75, 3.05) is 17.7 Å². The Kier molecular flexibility index (Phi) is 5.12. The fourth-order valence-electron chi connectivity index (χ4n) is 2.46. The molecule has 3 aromatic rings. The molecule has 2 aromatic carbocycles. The summed E-state index contributed by atoms with van der Waals surface area (Å²) in [5, 5.41) is 5.97. The Hall–Kier alpha value is -3.41. The average Bonchev–Trinajstić information content (AvgIpc) is 2.66. The molecule has 1 amide bonds. The number of ether oxygens (including phenoxy) is 1. The van der Waals surface area contributed by atoms with Crippen molar-refractivity contribution in [3.05, 3.63) is 71.5 Å². The smallest absolute Gasteiger partial charge is 0.258 e. The molecular formula is C20H20N4O2. The normalized spacial score (nSPS) is 10.3. The van der Waals surface area contributed by atoms with Gasteiger partial charge in [0, 0.05) is 18.1 Å². The summed E-state index contributed by atoms with van der Waals surface area (Å²) in [5.41, 5.74) is 4.08. The van der Waals surface area contributed by atoms with Crippen LogP contribution >= 0.6 is 0 Å². The number of carbonyl (C=O) groups excluding carboxylic acids is 1. The molecule has 3 rings (SSSR count). The fourth-order valence-corrected chi connectivity index (χ4v) is 2.46. The first-order valence-electron chi connectivity index (χ1n) is 8.18. The van der Waals surface area contributed by atoms with Gasteiger partial charge >= 0.3 is 0 Å². The molecule has 0 atom stereocenters. The quantitative estimate of drug-likeness (QED) is 0.726. The number of carbonyl (C=O) groups is 1. The summed E-state index contributed by atoms with van der Waals surface area (Å²) in [5.74, 6) is 0.827. The summed E-state index contributed by atoms with van der Waals surface area (Å²) in [4.78, 5) is 20.8. The Labute approximate surface area is 152 Å². The molecule has 0 bridgehead atoms. The molecular weight excluding hydrogens is 328 g/mol. The lowest BCUT2D eigenvalue weighted by Gasteiger charge is -2.11. The Bertz CT molecular complexity index is 923. The van der Waals surface area contributed by atoms with Crippen LogP contribution in [-0.4, -0.2) is 23.0 Å². The van der Waals surface area contributed by atoms with E-state index in [9.17, 15) is 4.79 Å². The lowest BCUT2D eigenvalue weighted by atomic mass is 10.1. The van der Waals surface area contributed by atoms with Gasteiger partial charge in [-0.25, -0.2) is 9.97 Å². The van der Waals surface area contributed by atoms with Gasteiger partial charge in [0.05, 0.1) is 18.4 Å². The fraction of sp³-hybridized carbons (Fsp3) is 0.150. The van der Waals surface area contributed by atoms with Gasteiger partial charge in [-0.05, 0) is 43.2 Å². The van der Waals surface area contributed by atoms with Crippen molar-refractivity contribution in [3.8, 4) is 5.75 Å². The van der Waals surface area contributed by atoms with Gasteiger partial charge in [-0.1, -0.05) is 24.3 Å². The number of aryl methyl sites for hydroxylation is 1. The molecule has 0 spiro atoms. The molecule has 0 unspecified atom stereocenters. The van der Waals surface area contributed by atoms with Crippen LogP contribution in [0.1, 0.15) is 21.5 Å². The first kappa shape index (κ1) is 17.4. The second-order valence-corrected chi connectivity index (χ2v) is 5.82. The standard InChI is InChI=1S/C20H20N4O2/c1-13-7-6-9-16(14(13)2)23-19(25)15-11-21-20(22-12-15)24-17-8-4-5-10-18(17)26-3/h4-12H,1-3H3,(H,23,25)(H,21,22,24). The first-order chi connectivity index (χ1) is 12.6. The van der Waals surface area contributed by atoms with E-state index in [1.807, 2.05) is 56.3 Å². The number of nitrogens with zero attached hydrogens (tertiary/aromatic N) is 2. The maximum Gasteiger partial charge on any atom is 0.258 e. The minimum atomic E-state index is -0.248. The number of hydrogen-bond acceptors (Lipinski definition) is 5. The number of methoxy groups -OCH3 is 1. The van der Waals surface area contributed by atoms with E-state index in [4.69, 9.17) is 4.74 Å². The maximum atomic E-state index is 12.4. The Morgan fingerprint density at radius 2 is 1.65 bits per heavy atom. The Balaban J connectivity index is 1.73. The molecule has 1 aromatic heterocycles. The SMILES string of the molecule is COc1ccccc1Nc1ncc(C(=O)Nc2cccc(C)c2C)cn1. The highest BCUT2D eigenvalue weighted by molar-refractivity contribution is 6.04. The van der Waals surface area contributed by atoms with E-state index in [0.29, 0.717) is 17.3 Å². The van der Waals surface area contributed by atoms with Crippen LogP contribution in [0.4, 0.5) is 17.3 Å². The van der Waals surface area contributed by atoms with Crippen LogP contribution in [0.2, 0.25) is 0 Å². The largest absolute Gasteiger partial charge is 0.495 e. The molecule has 2 N–H and O–H groups in total. The second kappa shape index (κ2) is 7.65. The molecule has 0 saturated heterocycles. The monoisotopic (exact) mass is 348 g/mol. The van der Waals surface area contributed by atoms with Crippen molar-refractivity contribution in [1.82, 2.24) is 9.97 Å². The molecule has 0 saturated carbocycles. The lowest BCUT2D eigenvalue weighted by Crippen LogP contribution is -2.14. The van der Waals surface area contributed by atoms with Crippen molar-refractivity contribution < 1.29 is 9.53 Å². The molecule has 0 aliphatic rings. The van der Waals surface area contributed by atoms with Crippen molar-refractivity contribution >= 4 is 23.2 Å². The van der Waals surface area contributed by atoms with Gasteiger partial charge in [0.25, 0.3) is 5.91 Å². The van der Waals surface area contributed by atoms with Gasteiger partial charge in [0.1, 0.15) is 5.75 Å². The number of anilines is 3. The van der Waals surface area contributed by atoms with Crippen molar-refractivity contribution in [2.45, 2.75) is 13.8 Å². The first-order valence-corrected chi connectivity index (χ1v) is 8.18. The highest BCUT2D eigenvalue weighted by atomic mass is 16.5. The van der Waals surface area contributed by atoms with Crippen LogP contribution in [0.5, 0.6) is 5.75 Å². The number of benzene rings is 2. The van der Waals surface area contributed by atoms with Crippen molar-refractivity contribution in [2.24, 2.45) is 0 Å². The zero-order chi connectivity index (χ0) is 18.5. The summed E-state index contributed by atoms with van der Waals surface area (Å²) in [6.45, 7) is 3.98. The molecule has 0 radical (unpaired) electrons. The number of para-hydroxylation sites is 2. The molecule has 0 aliphatic carbocycles. The van der Waals surface area contributed by atoms with Gasteiger partial charge in [-0.3, -0.25) is 4.79 Å². The van der Waals surface area contributed by atoms with E-state index in [-0.39, 0.29) is 5.91 Å². The van der Waals surface area contributed by atoms with Gasteiger partial charge in [0.15, 0.2) is 0 Å². The summed E-state index contributed by atoms with van der Waals surface area (Å²) < 4.78 is 5.28. The third-order valence-electron chi connectivity index (χ3n) is 4.12. The second-order valence-electron chi connectivity index (χ2n) is 5.82. The Morgan fingerprint density at radius 1 is 0.962 bits per heavy atom. The highest BCUT2D eigenvalue weighted by Crippen LogP contribution is 2.25. The third-order valence-corrected chi connectivity index (χ3v) is 4.12. The molecule has 0 fully saturated rings. The average molecular weight is 348 g/mol. The highest BCUT2D eigenvalue weighted by Gasteiger charge is 2.10. The van der Waals surface area contributed by atoms with Crippen molar-refractivity contribution in [1.29, 1.82) is 0 Å². The predicted molar refractivity (Wildman–Crippen MR) is 102 cm³/mol. The summed E-state index contributed by atoms with van der Waals surface area (Å²) in [6, 6.07) is 13.3. The molecule has 6 nitrogen and oxygen atoms in total. The van der Waals surface area contributed by atoms with Crippen LogP contribution in [0.3, 0.4) is 0 Å². The van der Waals surface area contributed by atoms with E-state index in [1.54, 1.807) is 7.11 Å². The molecule has 132 valence electrons. The number of rotatable bonds is 5. The van der Waals surface area contributed by atoms with Crippen LogP contribution in [0, 0.1) is 13.8 Å². The number of aromatic nitrogens is 2. The van der Waals surface area contributed by atoms with Gasteiger partial charge in [-0.15, -0.1) is 0 Å². The van der Waals surface area contributed by atoms with Crippen LogP contribution in [0.15, 0.2) is 54.9 Å². The number of nitrogens with one attached hydrogen (secondary N) is 2. The Morgan fingerprint density at radius 3 is 2.38 bits per heavy atom. The van der Waals surface area contributed by atoms with E-state index in [1.165, 1.54) is 12.4 Å². The van der Waals surface area contributed by atoms with Gasteiger partial charge in [-0.2, -0.15) is 0 Å². The van der Waals surface area contributed by atoms with E-state index < -0.39 is 0 Å². The lowest BCUT2D eigenvalue weighted by molar-refractivity contribution is 0.102. The molecule has 0 aliphatic heterocycles. The number of amides is 1. The zero-order valence-electron chi connectivity index (χ0n) is 14.9. The van der Waals surface area contributed by atoms with Crippen LogP contribution < -0.4 is 15.4 Å². The van der Waals surface area contributed by atoms with Crippen molar-refractivity contribution in [3.63, 3.8) is 0 Å². The minimum Gasteiger partial charge on any atom is -0.495 e. The minimum absolute atomic E-state index is 0.248. The summed E-state index contributed by atoms with van der Waals surface area (Å²) in [7, 11) is 1.60. The third kappa shape index (κ3) is 3.80.